The van der Waals surface area contributed by atoms with Crippen molar-refractivity contribution in [3.8, 4) is 0 Å². The summed E-state index contributed by atoms with van der Waals surface area (Å²) in [6.07, 6.45) is 0.850. The zero-order valence-electron chi connectivity index (χ0n) is 10.4. The topological polar surface area (TPSA) is 40.5 Å². The van der Waals surface area contributed by atoms with Gasteiger partial charge in [-0.3, -0.25) is 0 Å². The number of nitrogens with zero attached hydrogens (tertiary/aromatic N) is 1. The summed E-state index contributed by atoms with van der Waals surface area (Å²) in [5.74, 6) is -1.24. The molecule has 0 amide bonds. The maximum Gasteiger partial charge on any atom is 0.335 e. The molecule has 0 atom stereocenters. The fourth-order valence-corrected chi connectivity index (χ4v) is 3.05. The second-order valence-corrected chi connectivity index (χ2v) is 5.50. The van der Waals surface area contributed by atoms with E-state index in [1.54, 1.807) is 24.3 Å². The van der Waals surface area contributed by atoms with Gasteiger partial charge in [0.05, 0.1) is 11.3 Å². The van der Waals surface area contributed by atoms with E-state index in [1.165, 1.54) is 12.1 Å². The summed E-state index contributed by atoms with van der Waals surface area (Å²) < 4.78 is 14.1. The Morgan fingerprint density at radius 1 is 1.20 bits per heavy atom. The molecular formula is C15H11BrFNO2. The minimum absolute atomic E-state index is 0.222. The van der Waals surface area contributed by atoms with Crippen LogP contribution >= 0.6 is 15.9 Å². The molecule has 1 aliphatic heterocycles. The first-order valence-corrected chi connectivity index (χ1v) is 6.94. The zero-order chi connectivity index (χ0) is 14.3. The van der Waals surface area contributed by atoms with Crippen molar-refractivity contribution in [2.45, 2.75) is 6.42 Å². The van der Waals surface area contributed by atoms with Gasteiger partial charge < -0.3 is 10.0 Å². The highest BCUT2D eigenvalue weighted by Gasteiger charge is 2.23. The second kappa shape index (κ2) is 4.90. The van der Waals surface area contributed by atoms with Gasteiger partial charge in [-0.2, -0.15) is 0 Å². The van der Waals surface area contributed by atoms with Crippen molar-refractivity contribution in [2.75, 3.05) is 11.4 Å². The Kier molecular flexibility index (Phi) is 3.22. The molecular weight excluding hydrogens is 325 g/mol. The number of hydrogen-bond acceptors (Lipinski definition) is 2. The van der Waals surface area contributed by atoms with E-state index < -0.39 is 5.97 Å². The Balaban J connectivity index is 2.04. The number of anilines is 2. The van der Waals surface area contributed by atoms with Crippen molar-refractivity contribution < 1.29 is 14.3 Å². The van der Waals surface area contributed by atoms with Gasteiger partial charge in [0.2, 0.25) is 0 Å². The predicted octanol–water partition coefficient (Wildman–Crippen LogP) is 3.98. The van der Waals surface area contributed by atoms with E-state index in [9.17, 15) is 9.18 Å². The molecule has 1 heterocycles. The number of carbonyl (C=O) groups is 1. The van der Waals surface area contributed by atoms with E-state index in [1.807, 2.05) is 4.90 Å². The minimum atomic E-state index is -0.967. The van der Waals surface area contributed by atoms with E-state index in [2.05, 4.69) is 15.9 Å². The van der Waals surface area contributed by atoms with Crippen LogP contribution in [0.3, 0.4) is 0 Å². The molecule has 0 aliphatic carbocycles. The summed E-state index contributed by atoms with van der Waals surface area (Å²) in [5, 5.41) is 8.98. The summed E-state index contributed by atoms with van der Waals surface area (Å²) >= 11 is 3.40. The molecule has 0 spiro atoms. The highest BCUT2D eigenvalue weighted by molar-refractivity contribution is 9.10. The Hall–Kier alpha value is -1.88. The monoisotopic (exact) mass is 335 g/mol. The van der Waals surface area contributed by atoms with Crippen LogP contribution in [0.2, 0.25) is 0 Å². The summed E-state index contributed by atoms with van der Waals surface area (Å²) in [6, 6.07) is 9.64. The van der Waals surface area contributed by atoms with E-state index >= 15 is 0 Å². The summed E-state index contributed by atoms with van der Waals surface area (Å²) in [7, 11) is 0. The second-order valence-electron chi connectivity index (χ2n) is 4.65. The molecule has 3 rings (SSSR count). The molecule has 102 valence electrons. The maximum atomic E-state index is 13.4. The first-order chi connectivity index (χ1) is 9.56. The van der Waals surface area contributed by atoms with Gasteiger partial charge in [0.25, 0.3) is 0 Å². The van der Waals surface area contributed by atoms with Gasteiger partial charge in [0, 0.05) is 16.7 Å². The van der Waals surface area contributed by atoms with Gasteiger partial charge in [-0.15, -0.1) is 0 Å². The minimum Gasteiger partial charge on any atom is -0.478 e. The molecule has 0 saturated carbocycles. The molecule has 0 fully saturated rings. The van der Waals surface area contributed by atoms with Crippen LogP contribution in [-0.4, -0.2) is 17.6 Å². The summed E-state index contributed by atoms with van der Waals surface area (Å²) in [5.41, 5.74) is 3.01. The van der Waals surface area contributed by atoms with Gasteiger partial charge >= 0.3 is 5.97 Å². The molecule has 2 aromatic rings. The van der Waals surface area contributed by atoms with Crippen LogP contribution in [-0.2, 0) is 6.42 Å². The number of benzene rings is 2. The highest BCUT2D eigenvalue weighted by atomic mass is 79.9. The Labute approximate surface area is 123 Å². The average molecular weight is 336 g/mol. The Morgan fingerprint density at radius 3 is 2.70 bits per heavy atom. The maximum absolute atomic E-state index is 13.4. The lowest BCUT2D eigenvalue weighted by Crippen LogP contribution is -2.14. The highest BCUT2D eigenvalue weighted by Crippen LogP contribution is 2.38. The number of aromatic carboxylic acids is 1. The molecule has 0 radical (unpaired) electrons. The summed E-state index contributed by atoms with van der Waals surface area (Å²) in [4.78, 5) is 12.9. The lowest BCUT2D eigenvalue weighted by molar-refractivity contribution is 0.0697. The van der Waals surface area contributed by atoms with Gasteiger partial charge in [-0.1, -0.05) is 6.07 Å². The van der Waals surface area contributed by atoms with Crippen LogP contribution in [0.1, 0.15) is 15.9 Å². The fraction of sp³-hybridized carbons (Fsp3) is 0.133. The number of rotatable bonds is 2. The van der Waals surface area contributed by atoms with Gasteiger partial charge in [-0.25, -0.2) is 9.18 Å². The van der Waals surface area contributed by atoms with Crippen LogP contribution in [0.5, 0.6) is 0 Å². The van der Waals surface area contributed by atoms with Crippen molar-refractivity contribution >= 4 is 33.3 Å². The van der Waals surface area contributed by atoms with Crippen LogP contribution in [0.15, 0.2) is 40.9 Å². The molecule has 0 aromatic heterocycles. The van der Waals surface area contributed by atoms with Crippen molar-refractivity contribution in [3.05, 3.63) is 57.8 Å². The van der Waals surface area contributed by atoms with E-state index in [4.69, 9.17) is 5.11 Å². The lowest BCUT2D eigenvalue weighted by Gasteiger charge is -2.21. The molecule has 5 heteroatoms. The molecule has 0 saturated heterocycles. The summed E-state index contributed by atoms with van der Waals surface area (Å²) in [6.45, 7) is 0.754. The van der Waals surface area contributed by atoms with Crippen LogP contribution < -0.4 is 4.90 Å². The molecule has 1 N–H and O–H groups in total. The smallest absolute Gasteiger partial charge is 0.335 e. The normalized spacial score (nSPS) is 13.4. The van der Waals surface area contributed by atoms with Crippen molar-refractivity contribution in [1.29, 1.82) is 0 Å². The van der Waals surface area contributed by atoms with E-state index in [0.717, 1.165) is 29.9 Å². The van der Waals surface area contributed by atoms with Crippen molar-refractivity contribution in [2.24, 2.45) is 0 Å². The third-order valence-electron chi connectivity index (χ3n) is 3.43. The van der Waals surface area contributed by atoms with E-state index in [0.29, 0.717) is 4.47 Å². The first-order valence-electron chi connectivity index (χ1n) is 6.15. The quantitative estimate of drug-likeness (QED) is 0.902. The number of halogens is 2. The van der Waals surface area contributed by atoms with Crippen LogP contribution in [0.4, 0.5) is 15.8 Å². The Bertz CT molecular complexity index is 702. The number of carboxylic acid groups (broad SMARTS) is 1. The Morgan fingerprint density at radius 2 is 2.00 bits per heavy atom. The van der Waals surface area contributed by atoms with E-state index in [-0.39, 0.29) is 11.4 Å². The SMILES string of the molecule is O=C(O)c1ccc(N2CCc3ccc(F)cc32)c(Br)c1. The molecule has 1 aliphatic rings. The standard InChI is InChI=1S/C15H11BrFNO2/c16-12-7-10(15(19)20)2-4-13(12)18-6-5-9-1-3-11(17)8-14(9)18/h1-4,7-8H,5-6H2,(H,19,20). The van der Waals surface area contributed by atoms with Gasteiger partial charge in [-0.05, 0) is 58.2 Å². The number of carboxylic acids is 1. The largest absolute Gasteiger partial charge is 0.478 e. The molecule has 0 bridgehead atoms. The first kappa shape index (κ1) is 13.1. The van der Waals surface area contributed by atoms with Crippen LogP contribution in [0.25, 0.3) is 0 Å². The number of hydrogen-bond donors (Lipinski definition) is 1. The average Bonchev–Trinajstić information content (AvgIpc) is 2.81. The fourth-order valence-electron chi connectivity index (χ4n) is 2.46. The van der Waals surface area contributed by atoms with Crippen molar-refractivity contribution in [3.63, 3.8) is 0 Å². The molecule has 2 aromatic carbocycles. The van der Waals surface area contributed by atoms with Gasteiger partial charge in [0.15, 0.2) is 0 Å². The zero-order valence-corrected chi connectivity index (χ0v) is 12.0. The van der Waals surface area contributed by atoms with Gasteiger partial charge in [0.1, 0.15) is 5.82 Å². The predicted molar refractivity (Wildman–Crippen MR) is 78.2 cm³/mol. The molecule has 3 nitrogen and oxygen atoms in total. The molecule has 20 heavy (non-hydrogen) atoms. The third-order valence-corrected chi connectivity index (χ3v) is 4.06. The molecule has 0 unspecified atom stereocenters. The number of fused-ring (bicyclic) bond motifs is 1. The van der Waals surface area contributed by atoms with Crippen molar-refractivity contribution in [1.82, 2.24) is 0 Å². The lowest BCUT2D eigenvalue weighted by atomic mass is 10.1. The third kappa shape index (κ3) is 2.18. The van der Waals surface area contributed by atoms with Crippen LogP contribution in [0, 0.1) is 5.82 Å².